The first-order chi connectivity index (χ1) is 12.0. The Labute approximate surface area is 159 Å². The molecule has 0 aliphatic carbocycles. The van der Waals surface area contributed by atoms with Crippen LogP contribution in [0.4, 0.5) is 10.5 Å². The average molecular weight is 425 g/mol. The van der Waals surface area contributed by atoms with Gasteiger partial charge in [0.05, 0.1) is 8.66 Å². The van der Waals surface area contributed by atoms with E-state index in [1.54, 1.807) is 12.1 Å². The van der Waals surface area contributed by atoms with Crippen molar-refractivity contribution in [2.75, 3.05) is 25.5 Å². The number of amides is 3. The number of carbonyl (C=O) groups excluding carboxylic acids is 2. The fourth-order valence-electron chi connectivity index (χ4n) is 2.11. The number of hydrazine groups is 1. The Hall–Kier alpha value is -2.06. The van der Waals surface area contributed by atoms with Gasteiger partial charge in [0, 0.05) is 26.3 Å². The van der Waals surface area contributed by atoms with Gasteiger partial charge in [0.2, 0.25) is 0 Å². The third-order valence-electron chi connectivity index (χ3n) is 3.47. The maximum atomic E-state index is 11.8. The summed E-state index contributed by atoms with van der Waals surface area (Å²) in [4.78, 5) is 26.0. The molecule has 25 heavy (non-hydrogen) atoms. The van der Waals surface area contributed by atoms with E-state index in [-0.39, 0.29) is 5.91 Å². The molecule has 1 heterocycles. The molecular formula is C17H21BrN4O2S. The second kappa shape index (κ2) is 9.43. The maximum absolute atomic E-state index is 11.8. The summed E-state index contributed by atoms with van der Waals surface area (Å²) in [6.45, 7) is 0.529. The van der Waals surface area contributed by atoms with Gasteiger partial charge in [0.1, 0.15) is 0 Å². The molecule has 0 saturated carbocycles. The Balaban J connectivity index is 1.62. The first-order valence-corrected chi connectivity index (χ1v) is 9.42. The highest BCUT2D eigenvalue weighted by Gasteiger charge is 2.09. The van der Waals surface area contributed by atoms with Crippen molar-refractivity contribution in [1.82, 2.24) is 16.2 Å². The zero-order valence-corrected chi connectivity index (χ0v) is 16.5. The molecule has 3 N–H and O–H groups in total. The lowest BCUT2D eigenvalue weighted by molar-refractivity contribution is 0.0940. The van der Waals surface area contributed by atoms with E-state index in [0.29, 0.717) is 11.4 Å². The van der Waals surface area contributed by atoms with Gasteiger partial charge in [0.15, 0.2) is 0 Å². The summed E-state index contributed by atoms with van der Waals surface area (Å²) in [5, 5.41) is 2.72. The molecule has 3 amide bonds. The number of nitrogens with zero attached hydrogens (tertiary/aromatic N) is 1. The molecule has 0 spiro atoms. The number of benzene rings is 1. The van der Waals surface area contributed by atoms with Crippen LogP contribution in [0.5, 0.6) is 0 Å². The van der Waals surface area contributed by atoms with Gasteiger partial charge in [-0.3, -0.25) is 10.2 Å². The Bertz CT molecular complexity index is 716. The summed E-state index contributed by atoms with van der Waals surface area (Å²) in [7, 11) is 4.02. The molecule has 6 nitrogen and oxygen atoms in total. The van der Waals surface area contributed by atoms with Crippen molar-refractivity contribution in [1.29, 1.82) is 0 Å². The zero-order valence-electron chi connectivity index (χ0n) is 14.1. The van der Waals surface area contributed by atoms with Crippen LogP contribution in [0.25, 0.3) is 0 Å². The third-order valence-corrected chi connectivity index (χ3v) is 5.09. The fraction of sp³-hybridized carbons (Fsp3) is 0.294. The number of rotatable bonds is 6. The minimum Gasteiger partial charge on any atom is -0.378 e. The largest absolute Gasteiger partial charge is 0.378 e. The average Bonchev–Trinajstić information content (AvgIpc) is 3.03. The number of halogens is 1. The molecule has 0 fully saturated rings. The second-order valence-corrected chi connectivity index (χ2v) is 8.07. The van der Waals surface area contributed by atoms with Gasteiger partial charge >= 0.3 is 6.03 Å². The minimum atomic E-state index is -0.424. The third kappa shape index (κ3) is 6.39. The van der Waals surface area contributed by atoms with E-state index >= 15 is 0 Å². The van der Waals surface area contributed by atoms with Crippen molar-refractivity contribution in [2.24, 2.45) is 0 Å². The van der Waals surface area contributed by atoms with Crippen molar-refractivity contribution < 1.29 is 9.59 Å². The van der Waals surface area contributed by atoms with Crippen molar-refractivity contribution >= 4 is 44.9 Å². The number of hydrogen-bond acceptors (Lipinski definition) is 4. The number of aryl methyl sites for hydroxylation is 1. The second-order valence-electron chi connectivity index (χ2n) is 5.60. The van der Waals surface area contributed by atoms with Gasteiger partial charge in [-0.1, -0.05) is 12.1 Å². The molecule has 8 heteroatoms. The summed E-state index contributed by atoms with van der Waals surface area (Å²) in [5.41, 5.74) is 7.10. The number of hydrogen-bond donors (Lipinski definition) is 3. The molecule has 1 aromatic carbocycles. The molecule has 2 aromatic rings. The standard InChI is InChI=1S/C17H21BrN4O2S/c1-22(2)13-7-5-12(6-8-13)4-3-11-19-17(24)21-20-16(23)14-9-10-15(18)25-14/h5-10H,3-4,11H2,1-2H3,(H,20,23)(H2,19,21,24). The Morgan fingerprint density at radius 3 is 2.40 bits per heavy atom. The van der Waals surface area contributed by atoms with Crippen LogP contribution >= 0.6 is 27.3 Å². The molecule has 0 atom stereocenters. The summed E-state index contributed by atoms with van der Waals surface area (Å²) >= 11 is 4.59. The topological polar surface area (TPSA) is 73.5 Å². The van der Waals surface area contributed by atoms with Crippen LogP contribution in [-0.4, -0.2) is 32.6 Å². The lowest BCUT2D eigenvalue weighted by atomic mass is 10.1. The number of carbonyl (C=O) groups is 2. The van der Waals surface area contributed by atoms with E-state index in [9.17, 15) is 9.59 Å². The highest BCUT2D eigenvalue weighted by atomic mass is 79.9. The lowest BCUT2D eigenvalue weighted by Gasteiger charge is -2.12. The molecular weight excluding hydrogens is 404 g/mol. The van der Waals surface area contributed by atoms with Crippen LogP contribution in [0.15, 0.2) is 40.2 Å². The van der Waals surface area contributed by atoms with E-state index in [2.05, 4.69) is 61.3 Å². The SMILES string of the molecule is CN(C)c1ccc(CCCNC(=O)NNC(=O)c2ccc(Br)s2)cc1. The quantitative estimate of drug-likeness (QED) is 0.492. The molecule has 0 unspecified atom stereocenters. The van der Waals surface area contributed by atoms with Gasteiger partial charge in [-0.15, -0.1) is 11.3 Å². The van der Waals surface area contributed by atoms with Gasteiger partial charge in [0.25, 0.3) is 5.91 Å². The first-order valence-electron chi connectivity index (χ1n) is 7.81. The maximum Gasteiger partial charge on any atom is 0.333 e. The molecule has 0 aliphatic rings. The van der Waals surface area contributed by atoms with Crippen LogP contribution in [0, 0.1) is 0 Å². The molecule has 0 bridgehead atoms. The number of anilines is 1. The molecule has 1 aromatic heterocycles. The lowest BCUT2D eigenvalue weighted by Crippen LogP contribution is -2.47. The van der Waals surface area contributed by atoms with E-state index in [0.717, 1.165) is 22.3 Å². The van der Waals surface area contributed by atoms with E-state index in [1.807, 2.05) is 14.1 Å². The Morgan fingerprint density at radius 2 is 1.80 bits per heavy atom. The Morgan fingerprint density at radius 1 is 1.08 bits per heavy atom. The van der Waals surface area contributed by atoms with Gasteiger partial charge in [-0.25, -0.2) is 10.2 Å². The number of nitrogens with one attached hydrogen (secondary N) is 3. The normalized spacial score (nSPS) is 10.2. The minimum absolute atomic E-state index is 0.341. The van der Waals surface area contributed by atoms with E-state index in [1.165, 1.54) is 16.9 Å². The van der Waals surface area contributed by atoms with Gasteiger partial charge in [-0.2, -0.15) is 0 Å². The first kappa shape index (κ1) is 19.3. The van der Waals surface area contributed by atoms with Crippen LogP contribution in [0.1, 0.15) is 21.7 Å². The van der Waals surface area contributed by atoms with Crippen LogP contribution in [0.2, 0.25) is 0 Å². The van der Waals surface area contributed by atoms with Crippen molar-refractivity contribution in [3.05, 3.63) is 50.6 Å². The van der Waals surface area contributed by atoms with E-state index in [4.69, 9.17) is 0 Å². The number of urea groups is 1. The van der Waals surface area contributed by atoms with Crippen LogP contribution in [-0.2, 0) is 6.42 Å². The van der Waals surface area contributed by atoms with Gasteiger partial charge in [-0.05, 0) is 58.6 Å². The van der Waals surface area contributed by atoms with Crippen molar-refractivity contribution in [3.8, 4) is 0 Å². The monoisotopic (exact) mass is 424 g/mol. The summed E-state index contributed by atoms with van der Waals surface area (Å²) in [6, 6.07) is 11.4. The summed E-state index contributed by atoms with van der Waals surface area (Å²) < 4.78 is 0.862. The summed E-state index contributed by atoms with van der Waals surface area (Å²) in [5.74, 6) is -0.341. The molecule has 0 saturated heterocycles. The predicted molar refractivity (Wildman–Crippen MR) is 105 cm³/mol. The van der Waals surface area contributed by atoms with E-state index < -0.39 is 6.03 Å². The van der Waals surface area contributed by atoms with Crippen molar-refractivity contribution in [2.45, 2.75) is 12.8 Å². The molecule has 0 radical (unpaired) electrons. The molecule has 0 aliphatic heterocycles. The fourth-order valence-corrected chi connectivity index (χ4v) is 3.39. The highest BCUT2D eigenvalue weighted by Crippen LogP contribution is 2.21. The van der Waals surface area contributed by atoms with Crippen LogP contribution < -0.4 is 21.1 Å². The number of thiophene rings is 1. The summed E-state index contributed by atoms with van der Waals surface area (Å²) in [6.07, 6.45) is 1.70. The Kier molecular flexibility index (Phi) is 7.27. The predicted octanol–water partition coefficient (Wildman–Crippen LogP) is 3.15. The smallest absolute Gasteiger partial charge is 0.333 e. The molecule has 2 rings (SSSR count). The van der Waals surface area contributed by atoms with Gasteiger partial charge < -0.3 is 10.2 Å². The van der Waals surface area contributed by atoms with Crippen molar-refractivity contribution in [3.63, 3.8) is 0 Å². The zero-order chi connectivity index (χ0) is 18.2. The van der Waals surface area contributed by atoms with Crippen LogP contribution in [0.3, 0.4) is 0 Å². The highest BCUT2D eigenvalue weighted by molar-refractivity contribution is 9.11. The molecule has 134 valence electrons.